The number of carboxylic acids is 1. The van der Waals surface area contributed by atoms with Crippen LogP contribution in [0.3, 0.4) is 0 Å². The lowest BCUT2D eigenvalue weighted by molar-refractivity contribution is -0.139. The number of carbonyl (C=O) groups excluding carboxylic acids is 1. The molecule has 0 bridgehead atoms. The maximum absolute atomic E-state index is 13.2. The van der Waals surface area contributed by atoms with Crippen LogP contribution in [0.25, 0.3) is 11.1 Å². The normalized spacial score (nSPS) is 11.9. The van der Waals surface area contributed by atoms with Gasteiger partial charge in [-0.25, -0.2) is 4.79 Å². The number of hydrogen-bond acceptors (Lipinski definition) is 7. The third kappa shape index (κ3) is 10.4. The summed E-state index contributed by atoms with van der Waals surface area (Å²) in [6, 6.07) is 18.1. The molecule has 4 rings (SSSR count). The number of aliphatic carboxylic acids is 1. The second-order valence-corrected chi connectivity index (χ2v) is 10.1. The standard InChI is InChI=1S/C28H29NO6S.C3H8O.C2H6/c1-18-5-3-4-6-21(18)23-13-19(15-33-16-20-8-10-25-26(14-20)35-17-34-25)7-9-22(23)27(30)29-24(28(31)32)11-12-36-2;1-3-4-2;1-2/h3-10,13-14,24H,11-12,15-17H2,1-2H3,(H,29,30)(H,31,32);3H2,1-2H3;1-2H3. The molecule has 0 radical (unpaired) electrons. The lowest BCUT2D eigenvalue weighted by atomic mass is 9.93. The highest BCUT2D eigenvalue weighted by Crippen LogP contribution is 2.33. The molecular formula is C33H43NO7S. The monoisotopic (exact) mass is 597 g/mol. The summed E-state index contributed by atoms with van der Waals surface area (Å²) < 4.78 is 21.3. The number of rotatable bonds is 12. The van der Waals surface area contributed by atoms with Crippen LogP contribution in [0.4, 0.5) is 0 Å². The van der Waals surface area contributed by atoms with Crippen molar-refractivity contribution in [3.8, 4) is 22.6 Å². The Morgan fingerprint density at radius 2 is 1.62 bits per heavy atom. The summed E-state index contributed by atoms with van der Waals surface area (Å²) in [5, 5.41) is 12.3. The van der Waals surface area contributed by atoms with Crippen molar-refractivity contribution < 1.29 is 33.6 Å². The first-order valence-electron chi connectivity index (χ1n) is 14.0. The van der Waals surface area contributed by atoms with Crippen molar-refractivity contribution in [2.75, 3.05) is 32.5 Å². The third-order valence-electron chi connectivity index (χ3n) is 6.24. The molecule has 1 aliphatic rings. The molecule has 0 aliphatic carbocycles. The number of ether oxygens (including phenoxy) is 4. The minimum Gasteiger partial charge on any atom is -0.480 e. The van der Waals surface area contributed by atoms with Crippen LogP contribution in [0.1, 0.15) is 54.2 Å². The Bertz CT molecular complexity index is 1280. The summed E-state index contributed by atoms with van der Waals surface area (Å²) in [5.74, 6) is 0.638. The van der Waals surface area contributed by atoms with Crippen LogP contribution in [0, 0.1) is 6.92 Å². The lowest BCUT2D eigenvalue weighted by Crippen LogP contribution is -2.41. The van der Waals surface area contributed by atoms with E-state index in [1.165, 1.54) is 0 Å². The molecule has 3 aromatic rings. The molecule has 3 aromatic carbocycles. The zero-order valence-corrected chi connectivity index (χ0v) is 26.2. The van der Waals surface area contributed by atoms with Gasteiger partial charge >= 0.3 is 5.97 Å². The molecular weight excluding hydrogens is 554 g/mol. The van der Waals surface area contributed by atoms with Crippen LogP contribution in [0.15, 0.2) is 60.7 Å². The Kier molecular flexibility index (Phi) is 15.5. The van der Waals surface area contributed by atoms with Crippen molar-refractivity contribution in [3.63, 3.8) is 0 Å². The van der Waals surface area contributed by atoms with Crippen molar-refractivity contribution in [2.45, 2.75) is 53.4 Å². The number of amides is 1. The van der Waals surface area contributed by atoms with Crippen molar-refractivity contribution in [2.24, 2.45) is 0 Å². The largest absolute Gasteiger partial charge is 0.480 e. The maximum Gasteiger partial charge on any atom is 0.326 e. The SMILES string of the molecule is CC.CCOC.CSCCC(NC(=O)c1ccc(COCc2ccc3c(c2)OCO3)cc1-c1ccccc1C)C(=O)O. The molecule has 1 amide bonds. The predicted molar refractivity (Wildman–Crippen MR) is 168 cm³/mol. The van der Waals surface area contributed by atoms with Gasteiger partial charge in [-0.15, -0.1) is 0 Å². The van der Waals surface area contributed by atoms with Gasteiger partial charge in [-0.1, -0.05) is 50.2 Å². The Labute approximate surface area is 253 Å². The number of thioether (sulfide) groups is 1. The highest BCUT2D eigenvalue weighted by atomic mass is 32.2. The zero-order valence-electron chi connectivity index (χ0n) is 25.4. The molecule has 0 spiro atoms. The van der Waals surface area contributed by atoms with E-state index < -0.39 is 17.9 Å². The van der Waals surface area contributed by atoms with Crippen molar-refractivity contribution >= 4 is 23.6 Å². The molecule has 0 saturated heterocycles. The number of fused-ring (bicyclic) bond motifs is 1. The quantitative estimate of drug-likeness (QED) is 0.237. The molecule has 42 heavy (non-hydrogen) atoms. The molecule has 1 aliphatic heterocycles. The minimum atomic E-state index is -1.04. The summed E-state index contributed by atoms with van der Waals surface area (Å²) in [6.07, 6.45) is 2.26. The van der Waals surface area contributed by atoms with Gasteiger partial charge in [0.15, 0.2) is 11.5 Å². The van der Waals surface area contributed by atoms with E-state index in [2.05, 4.69) is 10.1 Å². The van der Waals surface area contributed by atoms with Crippen LogP contribution in [-0.2, 0) is 27.5 Å². The number of nitrogens with one attached hydrogen (secondary N) is 1. The van der Waals surface area contributed by atoms with Gasteiger partial charge in [0.1, 0.15) is 6.04 Å². The number of carbonyl (C=O) groups is 2. The average molecular weight is 598 g/mol. The van der Waals surface area contributed by atoms with Gasteiger partial charge in [0.25, 0.3) is 5.91 Å². The van der Waals surface area contributed by atoms with Gasteiger partial charge in [-0.05, 0) is 84.4 Å². The van der Waals surface area contributed by atoms with Crippen molar-refractivity contribution in [1.29, 1.82) is 0 Å². The Balaban J connectivity index is 0.000000947. The average Bonchev–Trinajstić information content (AvgIpc) is 3.48. The van der Waals surface area contributed by atoms with E-state index in [9.17, 15) is 14.7 Å². The Hall–Kier alpha value is -3.53. The fraction of sp³-hybridized carbons (Fsp3) is 0.394. The van der Waals surface area contributed by atoms with E-state index in [1.54, 1.807) is 24.9 Å². The van der Waals surface area contributed by atoms with Gasteiger partial charge in [0, 0.05) is 19.3 Å². The minimum absolute atomic E-state index is 0.228. The number of methoxy groups -OCH3 is 1. The first kappa shape index (κ1) is 34.7. The highest BCUT2D eigenvalue weighted by Gasteiger charge is 2.23. The molecule has 8 nitrogen and oxygen atoms in total. The number of aryl methyl sites for hydroxylation is 1. The van der Waals surface area contributed by atoms with Crippen LogP contribution < -0.4 is 14.8 Å². The zero-order chi connectivity index (χ0) is 30.9. The van der Waals surface area contributed by atoms with E-state index in [0.717, 1.165) is 40.2 Å². The molecule has 0 fully saturated rings. The lowest BCUT2D eigenvalue weighted by Gasteiger charge is -2.18. The molecule has 228 valence electrons. The van der Waals surface area contributed by atoms with Gasteiger partial charge in [-0.2, -0.15) is 11.8 Å². The molecule has 1 heterocycles. The number of carboxylic acid groups (broad SMARTS) is 1. The number of hydrogen-bond donors (Lipinski definition) is 2. The third-order valence-corrected chi connectivity index (χ3v) is 6.88. The molecule has 2 N–H and O–H groups in total. The second-order valence-electron chi connectivity index (χ2n) is 9.10. The van der Waals surface area contributed by atoms with Gasteiger partial charge in [0.2, 0.25) is 6.79 Å². The highest BCUT2D eigenvalue weighted by molar-refractivity contribution is 7.98. The summed E-state index contributed by atoms with van der Waals surface area (Å²) >= 11 is 1.54. The maximum atomic E-state index is 13.2. The summed E-state index contributed by atoms with van der Waals surface area (Å²) in [4.78, 5) is 24.9. The first-order valence-corrected chi connectivity index (χ1v) is 15.4. The Morgan fingerprint density at radius 3 is 2.26 bits per heavy atom. The van der Waals surface area contributed by atoms with Crippen LogP contribution in [0.5, 0.6) is 11.5 Å². The van der Waals surface area contributed by atoms with Crippen molar-refractivity contribution in [1.82, 2.24) is 5.32 Å². The van der Waals surface area contributed by atoms with E-state index in [1.807, 2.05) is 88.5 Å². The van der Waals surface area contributed by atoms with Crippen LogP contribution in [-0.4, -0.2) is 55.5 Å². The molecule has 0 saturated carbocycles. The van der Waals surface area contributed by atoms with E-state index in [4.69, 9.17) is 14.2 Å². The van der Waals surface area contributed by atoms with Gasteiger partial charge in [0.05, 0.1) is 13.2 Å². The second kappa shape index (κ2) is 18.8. The summed E-state index contributed by atoms with van der Waals surface area (Å²) in [6.45, 7) is 9.74. The number of benzene rings is 3. The smallest absolute Gasteiger partial charge is 0.326 e. The fourth-order valence-corrected chi connectivity index (χ4v) is 4.50. The predicted octanol–water partition coefficient (Wildman–Crippen LogP) is 6.72. The Morgan fingerprint density at radius 1 is 0.976 bits per heavy atom. The molecule has 0 aromatic heterocycles. The van der Waals surface area contributed by atoms with Gasteiger partial charge in [-0.3, -0.25) is 4.79 Å². The summed E-state index contributed by atoms with van der Waals surface area (Å²) in [7, 11) is 1.68. The van der Waals surface area contributed by atoms with Crippen LogP contribution in [0.2, 0.25) is 0 Å². The first-order chi connectivity index (χ1) is 20.4. The van der Waals surface area contributed by atoms with Gasteiger partial charge < -0.3 is 29.4 Å². The summed E-state index contributed by atoms with van der Waals surface area (Å²) in [5.41, 5.74) is 4.98. The van der Waals surface area contributed by atoms with E-state index >= 15 is 0 Å². The van der Waals surface area contributed by atoms with Crippen molar-refractivity contribution in [3.05, 3.63) is 82.9 Å². The fourth-order valence-electron chi connectivity index (χ4n) is 4.02. The van der Waals surface area contributed by atoms with E-state index in [-0.39, 0.29) is 6.79 Å². The molecule has 1 unspecified atom stereocenters. The molecule has 1 atom stereocenters. The van der Waals surface area contributed by atoms with E-state index in [0.29, 0.717) is 36.7 Å². The molecule has 9 heteroatoms. The van der Waals surface area contributed by atoms with Crippen LogP contribution >= 0.6 is 11.8 Å². The topological polar surface area (TPSA) is 103 Å².